The molecule has 1 saturated heterocycles. The molecule has 0 aromatic heterocycles. The molecular formula is C16H19ClN2O4. The monoisotopic (exact) mass is 338 g/mol. The lowest BCUT2D eigenvalue weighted by Crippen LogP contribution is -2.48. The van der Waals surface area contributed by atoms with Crippen molar-refractivity contribution in [3.63, 3.8) is 0 Å². The number of hydrogen-bond acceptors (Lipinski definition) is 3. The van der Waals surface area contributed by atoms with Crippen molar-refractivity contribution >= 4 is 35.1 Å². The van der Waals surface area contributed by atoms with Gasteiger partial charge in [0.25, 0.3) is 0 Å². The second kappa shape index (κ2) is 7.00. The lowest BCUT2D eigenvalue weighted by Gasteiger charge is -2.20. The van der Waals surface area contributed by atoms with Gasteiger partial charge >= 0.3 is 5.97 Å². The maximum atomic E-state index is 12.5. The fourth-order valence-corrected chi connectivity index (χ4v) is 2.78. The molecule has 2 atom stereocenters. The van der Waals surface area contributed by atoms with Crippen molar-refractivity contribution in [1.82, 2.24) is 5.32 Å². The summed E-state index contributed by atoms with van der Waals surface area (Å²) in [5, 5.41) is 12.1. The van der Waals surface area contributed by atoms with Gasteiger partial charge in [0.2, 0.25) is 11.8 Å². The van der Waals surface area contributed by atoms with Crippen molar-refractivity contribution in [3.8, 4) is 0 Å². The number of carbonyl (C=O) groups excluding carboxylic acids is 2. The Morgan fingerprint density at radius 2 is 2.09 bits per heavy atom. The van der Waals surface area contributed by atoms with E-state index in [1.54, 1.807) is 38.1 Å². The summed E-state index contributed by atoms with van der Waals surface area (Å²) in [6.45, 7) is 3.80. The summed E-state index contributed by atoms with van der Waals surface area (Å²) in [6, 6.07) is 5.84. The van der Waals surface area contributed by atoms with E-state index in [1.807, 2.05) is 0 Å². The molecular weight excluding hydrogens is 320 g/mol. The molecule has 2 amide bonds. The molecule has 23 heavy (non-hydrogen) atoms. The molecule has 1 heterocycles. The van der Waals surface area contributed by atoms with Gasteiger partial charge in [-0.3, -0.25) is 9.59 Å². The lowest BCUT2D eigenvalue weighted by molar-refractivity contribution is -0.144. The highest BCUT2D eigenvalue weighted by Crippen LogP contribution is 2.27. The zero-order valence-electron chi connectivity index (χ0n) is 13.0. The molecule has 2 N–H and O–H groups in total. The zero-order valence-corrected chi connectivity index (χ0v) is 13.7. The first kappa shape index (κ1) is 17.3. The van der Waals surface area contributed by atoms with Crippen molar-refractivity contribution in [2.24, 2.45) is 11.8 Å². The molecule has 1 unspecified atom stereocenters. The Kier molecular flexibility index (Phi) is 5.26. The normalized spacial score (nSPS) is 19.0. The number of carboxylic acids is 1. The van der Waals surface area contributed by atoms with E-state index in [1.165, 1.54) is 4.90 Å². The molecule has 1 aromatic rings. The number of carboxylic acid groups (broad SMARTS) is 1. The molecule has 0 saturated carbocycles. The van der Waals surface area contributed by atoms with Crippen LogP contribution in [0, 0.1) is 11.8 Å². The van der Waals surface area contributed by atoms with Crippen LogP contribution < -0.4 is 10.2 Å². The number of carbonyl (C=O) groups is 3. The number of benzene rings is 1. The van der Waals surface area contributed by atoms with Crippen molar-refractivity contribution < 1.29 is 19.5 Å². The summed E-state index contributed by atoms with van der Waals surface area (Å²) in [6.07, 6.45) is 0.349. The van der Waals surface area contributed by atoms with Crippen LogP contribution in [0.25, 0.3) is 0 Å². The van der Waals surface area contributed by atoms with Crippen LogP contribution in [0.5, 0.6) is 0 Å². The van der Waals surface area contributed by atoms with Crippen molar-refractivity contribution in [2.75, 3.05) is 11.4 Å². The molecule has 0 spiro atoms. The van der Waals surface area contributed by atoms with E-state index in [9.17, 15) is 14.4 Å². The molecule has 2 rings (SSSR count). The minimum atomic E-state index is -1.11. The van der Waals surface area contributed by atoms with Crippen LogP contribution in [-0.4, -0.2) is 35.5 Å². The van der Waals surface area contributed by atoms with Crippen LogP contribution in [-0.2, 0) is 14.4 Å². The number of rotatable bonds is 5. The third-order valence-electron chi connectivity index (χ3n) is 3.87. The molecule has 6 nitrogen and oxygen atoms in total. The number of nitrogens with one attached hydrogen (secondary N) is 1. The third-order valence-corrected chi connectivity index (χ3v) is 4.11. The van der Waals surface area contributed by atoms with Gasteiger partial charge in [-0.15, -0.1) is 0 Å². The van der Waals surface area contributed by atoms with E-state index in [2.05, 4.69) is 5.32 Å². The Morgan fingerprint density at radius 1 is 1.39 bits per heavy atom. The van der Waals surface area contributed by atoms with Gasteiger partial charge in [0.15, 0.2) is 0 Å². The van der Waals surface area contributed by atoms with Gasteiger partial charge in [-0.25, -0.2) is 4.79 Å². The molecule has 1 fully saturated rings. The van der Waals surface area contributed by atoms with Gasteiger partial charge in [-0.05, 0) is 30.5 Å². The van der Waals surface area contributed by atoms with Gasteiger partial charge in [-0.1, -0.05) is 31.5 Å². The highest BCUT2D eigenvalue weighted by Gasteiger charge is 2.39. The Balaban J connectivity index is 2.09. The second-order valence-electron chi connectivity index (χ2n) is 5.88. The third kappa shape index (κ3) is 3.82. The van der Waals surface area contributed by atoms with E-state index in [4.69, 9.17) is 16.7 Å². The number of anilines is 1. The van der Waals surface area contributed by atoms with Crippen LogP contribution in [0.15, 0.2) is 24.3 Å². The van der Waals surface area contributed by atoms with E-state index in [-0.39, 0.29) is 11.8 Å². The fourth-order valence-electron chi connectivity index (χ4n) is 2.59. The summed E-state index contributed by atoms with van der Waals surface area (Å²) in [7, 11) is 0. The average molecular weight is 339 g/mol. The van der Waals surface area contributed by atoms with Crippen LogP contribution in [0.3, 0.4) is 0 Å². The molecule has 0 bridgehead atoms. The van der Waals surface area contributed by atoms with Crippen LogP contribution in [0.4, 0.5) is 5.69 Å². The van der Waals surface area contributed by atoms with Gasteiger partial charge < -0.3 is 15.3 Å². The number of nitrogens with zero attached hydrogens (tertiary/aromatic N) is 1. The summed E-state index contributed by atoms with van der Waals surface area (Å²) < 4.78 is 0. The van der Waals surface area contributed by atoms with Crippen LogP contribution in [0.1, 0.15) is 20.3 Å². The average Bonchev–Trinajstić information content (AvgIpc) is 2.85. The maximum absolute atomic E-state index is 12.5. The summed E-state index contributed by atoms with van der Waals surface area (Å²) >= 11 is 5.93. The summed E-state index contributed by atoms with van der Waals surface area (Å²) in [5.74, 6) is -3.12. The van der Waals surface area contributed by atoms with Gasteiger partial charge in [0, 0.05) is 17.3 Å². The standard InChI is InChI=1S/C16H19ClN2O4/c1-9(2)13(16(22)23)18-14(20)12-6-7-19(15(12)21)11-5-3-4-10(17)8-11/h3-5,8-9,12-13H,6-7H2,1-2H3,(H,18,20)(H,22,23)/t12?,13-/m0/s1. The number of halogens is 1. The molecule has 0 aliphatic carbocycles. The lowest BCUT2D eigenvalue weighted by atomic mass is 10.0. The first-order chi connectivity index (χ1) is 10.8. The molecule has 0 radical (unpaired) electrons. The maximum Gasteiger partial charge on any atom is 0.326 e. The molecule has 1 aromatic carbocycles. The quantitative estimate of drug-likeness (QED) is 0.803. The van der Waals surface area contributed by atoms with E-state index < -0.39 is 23.8 Å². The Bertz CT molecular complexity index is 632. The number of amides is 2. The van der Waals surface area contributed by atoms with E-state index >= 15 is 0 Å². The summed E-state index contributed by atoms with van der Waals surface area (Å²) in [5.41, 5.74) is 0.636. The topological polar surface area (TPSA) is 86.7 Å². The summed E-state index contributed by atoms with van der Waals surface area (Å²) in [4.78, 5) is 37.4. The fraction of sp³-hybridized carbons (Fsp3) is 0.438. The van der Waals surface area contributed by atoms with Gasteiger partial charge in [0.05, 0.1) is 0 Å². The highest BCUT2D eigenvalue weighted by molar-refractivity contribution is 6.31. The minimum absolute atomic E-state index is 0.267. The predicted octanol–water partition coefficient (Wildman–Crippen LogP) is 1.92. The van der Waals surface area contributed by atoms with Crippen molar-refractivity contribution in [3.05, 3.63) is 29.3 Å². The Morgan fingerprint density at radius 3 is 2.65 bits per heavy atom. The van der Waals surface area contributed by atoms with Gasteiger partial charge in [-0.2, -0.15) is 0 Å². The van der Waals surface area contributed by atoms with E-state index in [0.717, 1.165) is 0 Å². The van der Waals surface area contributed by atoms with Crippen LogP contribution >= 0.6 is 11.6 Å². The smallest absolute Gasteiger partial charge is 0.326 e. The molecule has 1 aliphatic heterocycles. The predicted molar refractivity (Wildman–Crippen MR) is 86.3 cm³/mol. The first-order valence-electron chi connectivity index (χ1n) is 7.41. The molecule has 1 aliphatic rings. The van der Waals surface area contributed by atoms with Gasteiger partial charge in [0.1, 0.15) is 12.0 Å². The van der Waals surface area contributed by atoms with Crippen molar-refractivity contribution in [2.45, 2.75) is 26.3 Å². The Labute approximate surface area is 139 Å². The number of hydrogen-bond donors (Lipinski definition) is 2. The van der Waals surface area contributed by atoms with Crippen LogP contribution in [0.2, 0.25) is 5.02 Å². The minimum Gasteiger partial charge on any atom is -0.480 e. The van der Waals surface area contributed by atoms with E-state index in [0.29, 0.717) is 23.7 Å². The Hall–Kier alpha value is -2.08. The second-order valence-corrected chi connectivity index (χ2v) is 6.32. The SMILES string of the molecule is CC(C)[C@H](NC(=O)C1CCN(c2cccc(Cl)c2)C1=O)C(=O)O. The largest absolute Gasteiger partial charge is 0.480 e. The first-order valence-corrected chi connectivity index (χ1v) is 7.79. The molecule has 124 valence electrons. The molecule has 7 heteroatoms. The highest BCUT2D eigenvalue weighted by atomic mass is 35.5. The number of aliphatic carboxylic acids is 1. The van der Waals surface area contributed by atoms with Crippen molar-refractivity contribution in [1.29, 1.82) is 0 Å². The zero-order chi connectivity index (χ0) is 17.1.